The van der Waals surface area contributed by atoms with Crippen molar-refractivity contribution in [3.8, 4) is 0 Å². The van der Waals surface area contributed by atoms with Gasteiger partial charge >= 0.3 is 0 Å². The first-order chi connectivity index (χ1) is 20.4. The van der Waals surface area contributed by atoms with E-state index in [4.69, 9.17) is 0 Å². The average molecular weight is 589 g/mol. The molecule has 0 radical (unpaired) electrons. The molecule has 6 aromatic rings. The molecule has 0 fully saturated rings. The molecule has 0 saturated carbocycles. The van der Waals surface area contributed by atoms with Crippen molar-refractivity contribution in [3.63, 3.8) is 0 Å². The van der Waals surface area contributed by atoms with Gasteiger partial charge in [0.1, 0.15) is 17.5 Å². The van der Waals surface area contributed by atoms with Crippen molar-refractivity contribution in [2.24, 2.45) is 0 Å². The number of fused-ring (bicyclic) bond motifs is 3. The van der Waals surface area contributed by atoms with Crippen LogP contribution in [0.5, 0.6) is 0 Å². The van der Waals surface area contributed by atoms with Crippen LogP contribution in [0.25, 0.3) is 27.6 Å². The predicted molar refractivity (Wildman–Crippen MR) is 185 cm³/mol. The zero-order valence-corrected chi connectivity index (χ0v) is 28.6. The van der Waals surface area contributed by atoms with Gasteiger partial charge in [0.05, 0.1) is 16.7 Å². The third-order valence-electron chi connectivity index (χ3n) is 7.82. The standard InChI is InChI=1S/C14H17N.C12H15N3.C12H16N2/c1-10-7-8-15-13-6-5-11(9-12(10)13)14(2,3)4;1-8-11-9(14-7-13-8)5-6-10(15-11)12(2,3)4;1-9-7-13-11-6-5-10(8-14(9)11)12(2,3)4/h5-9H,1-4H3;5-7H,1-4H3;5-8H,1-4H3. The second kappa shape index (κ2) is 12.4. The third-order valence-corrected chi connectivity index (χ3v) is 7.82. The molecule has 6 rings (SSSR count). The summed E-state index contributed by atoms with van der Waals surface area (Å²) in [5.74, 6) is 0. The van der Waals surface area contributed by atoms with E-state index in [1.165, 1.54) is 27.8 Å². The van der Waals surface area contributed by atoms with Crippen LogP contribution in [-0.4, -0.2) is 29.3 Å². The van der Waals surface area contributed by atoms with Crippen molar-refractivity contribution in [2.45, 2.75) is 99.3 Å². The van der Waals surface area contributed by atoms with Crippen LogP contribution >= 0.6 is 0 Å². The smallest absolute Gasteiger partial charge is 0.136 e. The van der Waals surface area contributed by atoms with Crippen LogP contribution in [0.4, 0.5) is 0 Å². The van der Waals surface area contributed by atoms with Gasteiger partial charge in [0.15, 0.2) is 0 Å². The minimum atomic E-state index is 0.0659. The van der Waals surface area contributed by atoms with Crippen molar-refractivity contribution >= 4 is 27.6 Å². The van der Waals surface area contributed by atoms with Gasteiger partial charge < -0.3 is 4.40 Å². The summed E-state index contributed by atoms with van der Waals surface area (Å²) in [6, 6.07) is 16.9. The summed E-state index contributed by atoms with van der Waals surface area (Å²) in [5.41, 5.74) is 11.6. The highest BCUT2D eigenvalue weighted by Crippen LogP contribution is 2.27. The van der Waals surface area contributed by atoms with Gasteiger partial charge in [-0.3, -0.25) is 4.98 Å². The lowest BCUT2D eigenvalue weighted by atomic mass is 9.86. The molecule has 1 aromatic carbocycles. The highest BCUT2D eigenvalue weighted by atomic mass is 15.0. The number of pyridine rings is 3. The van der Waals surface area contributed by atoms with Crippen LogP contribution in [0.15, 0.2) is 73.4 Å². The number of aryl methyl sites for hydroxylation is 3. The maximum absolute atomic E-state index is 4.62. The van der Waals surface area contributed by atoms with Gasteiger partial charge in [0, 0.05) is 40.8 Å². The molecule has 230 valence electrons. The zero-order chi connectivity index (χ0) is 32.4. The first-order valence-electron chi connectivity index (χ1n) is 15.3. The Bertz CT molecular complexity index is 1800. The largest absolute Gasteiger partial charge is 0.304 e. The van der Waals surface area contributed by atoms with Crippen LogP contribution in [-0.2, 0) is 16.2 Å². The zero-order valence-electron chi connectivity index (χ0n) is 28.6. The molecule has 0 amide bonds. The Hall–Kier alpha value is -4.19. The molecule has 0 N–H and O–H groups in total. The minimum absolute atomic E-state index is 0.0659. The Kier molecular flexibility index (Phi) is 9.24. The number of hydrogen-bond donors (Lipinski definition) is 0. The highest BCUT2D eigenvalue weighted by Gasteiger charge is 2.17. The number of aromatic nitrogens is 6. The summed E-state index contributed by atoms with van der Waals surface area (Å²) in [5, 5.41) is 1.27. The van der Waals surface area contributed by atoms with Gasteiger partial charge in [0.2, 0.25) is 0 Å². The number of imidazole rings is 1. The predicted octanol–water partition coefficient (Wildman–Crippen LogP) is 9.41. The molecular weight excluding hydrogens is 540 g/mol. The average Bonchev–Trinajstić information content (AvgIpc) is 3.32. The molecule has 6 nitrogen and oxygen atoms in total. The first kappa shape index (κ1) is 32.7. The Morgan fingerprint density at radius 3 is 1.93 bits per heavy atom. The summed E-state index contributed by atoms with van der Waals surface area (Å²) in [6.45, 7) is 26.0. The topological polar surface area (TPSA) is 68.9 Å². The molecule has 5 aromatic heterocycles. The maximum Gasteiger partial charge on any atom is 0.136 e. The van der Waals surface area contributed by atoms with E-state index in [9.17, 15) is 0 Å². The van der Waals surface area contributed by atoms with Gasteiger partial charge in [-0.1, -0.05) is 74.4 Å². The van der Waals surface area contributed by atoms with Crippen LogP contribution in [0.1, 0.15) is 96.1 Å². The van der Waals surface area contributed by atoms with E-state index in [0.29, 0.717) is 0 Å². The fraction of sp³-hybridized carbons (Fsp3) is 0.395. The molecule has 5 heterocycles. The van der Waals surface area contributed by atoms with Crippen LogP contribution < -0.4 is 0 Å². The summed E-state index contributed by atoms with van der Waals surface area (Å²) in [4.78, 5) is 21.6. The summed E-state index contributed by atoms with van der Waals surface area (Å²) in [7, 11) is 0. The highest BCUT2D eigenvalue weighted by molar-refractivity contribution is 5.82. The van der Waals surface area contributed by atoms with E-state index in [2.05, 4.69) is 148 Å². The van der Waals surface area contributed by atoms with E-state index in [1.54, 1.807) is 6.33 Å². The van der Waals surface area contributed by atoms with E-state index in [1.807, 2.05) is 31.5 Å². The first-order valence-corrected chi connectivity index (χ1v) is 15.3. The second-order valence-electron chi connectivity index (χ2n) is 14.7. The number of hydrogen-bond acceptors (Lipinski definition) is 5. The van der Waals surface area contributed by atoms with Gasteiger partial charge in [-0.15, -0.1) is 0 Å². The van der Waals surface area contributed by atoms with Crippen LogP contribution in [0.3, 0.4) is 0 Å². The van der Waals surface area contributed by atoms with Crippen molar-refractivity contribution in [3.05, 3.63) is 107 Å². The van der Waals surface area contributed by atoms with Gasteiger partial charge in [-0.25, -0.2) is 19.9 Å². The Balaban J connectivity index is 0.000000151. The molecule has 0 unspecified atom stereocenters. The normalized spacial score (nSPS) is 12.1. The summed E-state index contributed by atoms with van der Waals surface area (Å²) < 4.78 is 2.14. The van der Waals surface area contributed by atoms with E-state index in [-0.39, 0.29) is 16.2 Å². The molecule has 0 aliphatic carbocycles. The van der Waals surface area contributed by atoms with E-state index in [0.717, 1.165) is 33.6 Å². The Labute approximate surface area is 263 Å². The quantitative estimate of drug-likeness (QED) is 0.177. The molecule has 0 aliphatic rings. The fourth-order valence-corrected chi connectivity index (χ4v) is 4.77. The molecule has 0 spiro atoms. The van der Waals surface area contributed by atoms with Crippen molar-refractivity contribution < 1.29 is 0 Å². The number of rotatable bonds is 0. The molecule has 6 heteroatoms. The maximum atomic E-state index is 4.62. The van der Waals surface area contributed by atoms with Crippen molar-refractivity contribution in [1.29, 1.82) is 0 Å². The van der Waals surface area contributed by atoms with Gasteiger partial charge in [-0.05, 0) is 84.7 Å². The summed E-state index contributed by atoms with van der Waals surface area (Å²) in [6.07, 6.45) is 7.53. The lowest BCUT2D eigenvalue weighted by Crippen LogP contribution is -2.13. The van der Waals surface area contributed by atoms with Crippen LogP contribution in [0.2, 0.25) is 0 Å². The molecule has 44 heavy (non-hydrogen) atoms. The molecule has 0 bridgehead atoms. The van der Waals surface area contributed by atoms with E-state index >= 15 is 0 Å². The van der Waals surface area contributed by atoms with Crippen molar-refractivity contribution in [2.75, 3.05) is 0 Å². The van der Waals surface area contributed by atoms with Crippen LogP contribution in [0, 0.1) is 20.8 Å². The minimum Gasteiger partial charge on any atom is -0.304 e. The Morgan fingerprint density at radius 2 is 1.27 bits per heavy atom. The van der Waals surface area contributed by atoms with Crippen molar-refractivity contribution in [1.82, 2.24) is 29.3 Å². The molecule has 0 saturated heterocycles. The number of nitrogens with zero attached hydrogens (tertiary/aromatic N) is 6. The van der Waals surface area contributed by atoms with Gasteiger partial charge in [0.25, 0.3) is 0 Å². The number of benzene rings is 1. The lowest BCUT2D eigenvalue weighted by Gasteiger charge is -2.19. The fourth-order valence-electron chi connectivity index (χ4n) is 4.77. The molecular formula is C38H48N6. The summed E-state index contributed by atoms with van der Waals surface area (Å²) >= 11 is 0. The molecule has 0 aliphatic heterocycles. The third kappa shape index (κ3) is 7.65. The second-order valence-corrected chi connectivity index (χ2v) is 14.7. The SMILES string of the molecule is Cc1ccnc2ccc(C(C)(C)C)cc12.Cc1cnc2ccc(C(C)(C)C)cn12.Cc1ncnc2ccc(C(C)(C)C)nc12. The Morgan fingerprint density at radius 1 is 0.614 bits per heavy atom. The lowest BCUT2D eigenvalue weighted by molar-refractivity contribution is 0.571. The molecule has 0 atom stereocenters. The van der Waals surface area contributed by atoms with E-state index < -0.39 is 0 Å². The monoisotopic (exact) mass is 588 g/mol. The van der Waals surface area contributed by atoms with Gasteiger partial charge in [-0.2, -0.15) is 0 Å².